The maximum Gasteiger partial charge on any atom is 0.165 e. The van der Waals surface area contributed by atoms with Gasteiger partial charge in [0.05, 0.1) is 0 Å². The SMILES string of the molecule is CCCCCCCCCCCCCCCCC(CC)C(=O)c1ccccc1. The van der Waals surface area contributed by atoms with Gasteiger partial charge in [0, 0.05) is 11.5 Å². The van der Waals surface area contributed by atoms with Crippen LogP contribution in [0.2, 0.25) is 0 Å². The number of benzene rings is 1. The van der Waals surface area contributed by atoms with Gasteiger partial charge < -0.3 is 0 Å². The lowest BCUT2D eigenvalue weighted by Gasteiger charge is -2.13. The summed E-state index contributed by atoms with van der Waals surface area (Å²) in [7, 11) is 0. The standard InChI is InChI=1S/C26H44O/c1-3-5-6-7-8-9-10-11-12-13-14-15-16-18-21-24(4-2)26(27)25-22-19-17-20-23-25/h17,19-20,22-24H,3-16,18,21H2,1-2H3. The molecule has 0 aliphatic heterocycles. The van der Waals surface area contributed by atoms with Crippen molar-refractivity contribution >= 4 is 5.78 Å². The van der Waals surface area contributed by atoms with Crippen molar-refractivity contribution in [1.82, 2.24) is 0 Å². The van der Waals surface area contributed by atoms with Gasteiger partial charge in [-0.15, -0.1) is 0 Å². The van der Waals surface area contributed by atoms with E-state index in [-0.39, 0.29) is 5.92 Å². The Morgan fingerprint density at radius 1 is 0.667 bits per heavy atom. The molecule has 1 nitrogen and oxygen atoms in total. The second-order valence-corrected chi connectivity index (χ2v) is 8.22. The maximum absolute atomic E-state index is 12.5. The van der Waals surface area contributed by atoms with Crippen molar-refractivity contribution in [1.29, 1.82) is 0 Å². The van der Waals surface area contributed by atoms with Crippen LogP contribution in [0.4, 0.5) is 0 Å². The van der Waals surface area contributed by atoms with E-state index in [1.54, 1.807) is 0 Å². The summed E-state index contributed by atoms with van der Waals surface area (Å²) in [6, 6.07) is 9.82. The van der Waals surface area contributed by atoms with Gasteiger partial charge in [-0.2, -0.15) is 0 Å². The fourth-order valence-corrected chi connectivity index (χ4v) is 3.94. The molecule has 0 saturated carbocycles. The fraction of sp³-hybridized carbons (Fsp3) is 0.731. The number of hydrogen-bond donors (Lipinski definition) is 0. The summed E-state index contributed by atoms with van der Waals surface area (Å²) in [4.78, 5) is 12.5. The zero-order valence-electron chi connectivity index (χ0n) is 18.2. The number of hydrogen-bond acceptors (Lipinski definition) is 1. The van der Waals surface area contributed by atoms with Gasteiger partial charge in [-0.3, -0.25) is 4.79 Å². The van der Waals surface area contributed by atoms with Crippen molar-refractivity contribution in [2.45, 2.75) is 117 Å². The van der Waals surface area contributed by atoms with Crippen molar-refractivity contribution in [3.63, 3.8) is 0 Å². The van der Waals surface area contributed by atoms with Crippen LogP contribution >= 0.6 is 0 Å². The van der Waals surface area contributed by atoms with Crippen LogP contribution in [0, 0.1) is 5.92 Å². The highest BCUT2D eigenvalue weighted by Crippen LogP contribution is 2.20. The molecule has 1 rings (SSSR count). The molecule has 27 heavy (non-hydrogen) atoms. The number of Topliss-reactive ketones (excluding diaryl/α,β-unsaturated/α-hetero) is 1. The van der Waals surface area contributed by atoms with Crippen LogP contribution in [0.1, 0.15) is 127 Å². The summed E-state index contributed by atoms with van der Waals surface area (Å²) in [5, 5.41) is 0. The first-order valence-electron chi connectivity index (χ1n) is 11.9. The Bertz CT molecular complexity index is 451. The van der Waals surface area contributed by atoms with Crippen molar-refractivity contribution in [2.75, 3.05) is 0 Å². The van der Waals surface area contributed by atoms with Crippen LogP contribution in [-0.2, 0) is 0 Å². The molecule has 0 fully saturated rings. The molecule has 1 atom stereocenters. The second-order valence-electron chi connectivity index (χ2n) is 8.22. The Hall–Kier alpha value is -1.11. The molecule has 1 unspecified atom stereocenters. The van der Waals surface area contributed by atoms with Crippen LogP contribution in [0.3, 0.4) is 0 Å². The van der Waals surface area contributed by atoms with E-state index in [4.69, 9.17) is 0 Å². The first-order chi connectivity index (χ1) is 13.3. The summed E-state index contributed by atoms with van der Waals surface area (Å²) in [6.07, 6.45) is 21.4. The molecular weight excluding hydrogens is 328 g/mol. The number of carbonyl (C=O) groups excluding carboxylic acids is 1. The van der Waals surface area contributed by atoms with E-state index in [1.165, 1.54) is 89.9 Å². The third kappa shape index (κ3) is 12.1. The molecule has 0 bridgehead atoms. The van der Waals surface area contributed by atoms with Crippen LogP contribution in [0.25, 0.3) is 0 Å². The molecule has 1 aromatic rings. The zero-order chi connectivity index (χ0) is 19.6. The van der Waals surface area contributed by atoms with E-state index in [2.05, 4.69) is 13.8 Å². The molecule has 0 saturated heterocycles. The van der Waals surface area contributed by atoms with Gasteiger partial charge in [0.25, 0.3) is 0 Å². The normalized spacial score (nSPS) is 12.2. The Kier molecular flexibility index (Phi) is 15.1. The van der Waals surface area contributed by atoms with Gasteiger partial charge in [0.15, 0.2) is 5.78 Å². The van der Waals surface area contributed by atoms with Gasteiger partial charge in [-0.05, 0) is 12.8 Å². The number of rotatable bonds is 18. The highest BCUT2D eigenvalue weighted by molar-refractivity contribution is 5.97. The molecule has 0 aromatic heterocycles. The largest absolute Gasteiger partial charge is 0.294 e. The molecular formula is C26H44O. The molecule has 0 amide bonds. The Labute approximate surface area is 169 Å². The fourth-order valence-electron chi connectivity index (χ4n) is 3.94. The minimum Gasteiger partial charge on any atom is -0.294 e. The van der Waals surface area contributed by atoms with E-state index in [1.807, 2.05) is 30.3 Å². The first kappa shape index (κ1) is 23.9. The molecule has 0 heterocycles. The summed E-state index contributed by atoms with van der Waals surface area (Å²) < 4.78 is 0. The summed E-state index contributed by atoms with van der Waals surface area (Å²) in [5.74, 6) is 0.553. The van der Waals surface area contributed by atoms with Crippen LogP contribution in [0.5, 0.6) is 0 Å². The average Bonchev–Trinajstić information content (AvgIpc) is 2.71. The quantitative estimate of drug-likeness (QED) is 0.186. The van der Waals surface area contributed by atoms with E-state index in [9.17, 15) is 4.79 Å². The smallest absolute Gasteiger partial charge is 0.165 e. The molecule has 0 aliphatic carbocycles. The number of unbranched alkanes of at least 4 members (excludes halogenated alkanes) is 13. The molecule has 0 aliphatic rings. The lowest BCUT2D eigenvalue weighted by Crippen LogP contribution is -2.13. The molecule has 0 radical (unpaired) electrons. The van der Waals surface area contributed by atoms with Gasteiger partial charge in [0.1, 0.15) is 0 Å². The van der Waals surface area contributed by atoms with Gasteiger partial charge in [-0.25, -0.2) is 0 Å². The Morgan fingerprint density at radius 3 is 1.56 bits per heavy atom. The van der Waals surface area contributed by atoms with Crippen LogP contribution < -0.4 is 0 Å². The van der Waals surface area contributed by atoms with E-state index in [0.29, 0.717) is 5.78 Å². The monoisotopic (exact) mass is 372 g/mol. The minimum absolute atomic E-state index is 0.213. The highest BCUT2D eigenvalue weighted by Gasteiger charge is 2.17. The highest BCUT2D eigenvalue weighted by atomic mass is 16.1. The van der Waals surface area contributed by atoms with Gasteiger partial charge in [-0.1, -0.05) is 134 Å². The van der Waals surface area contributed by atoms with Crippen molar-refractivity contribution in [3.05, 3.63) is 35.9 Å². The first-order valence-corrected chi connectivity index (χ1v) is 11.9. The van der Waals surface area contributed by atoms with E-state index >= 15 is 0 Å². The summed E-state index contributed by atoms with van der Waals surface area (Å²) in [6.45, 7) is 4.43. The third-order valence-corrected chi connectivity index (χ3v) is 5.83. The van der Waals surface area contributed by atoms with Crippen molar-refractivity contribution in [3.8, 4) is 0 Å². The number of ketones is 1. The lowest BCUT2D eigenvalue weighted by atomic mass is 9.90. The second kappa shape index (κ2) is 17.0. The number of carbonyl (C=O) groups is 1. The predicted octanol–water partition coefficient (Wildman–Crippen LogP) is 8.77. The van der Waals surface area contributed by atoms with Gasteiger partial charge in [0.2, 0.25) is 0 Å². The average molecular weight is 373 g/mol. The lowest BCUT2D eigenvalue weighted by molar-refractivity contribution is 0.0907. The van der Waals surface area contributed by atoms with E-state index in [0.717, 1.165) is 18.4 Å². The zero-order valence-corrected chi connectivity index (χ0v) is 18.2. The predicted molar refractivity (Wildman–Crippen MR) is 119 cm³/mol. The Balaban J connectivity index is 1.94. The van der Waals surface area contributed by atoms with Crippen LogP contribution in [0.15, 0.2) is 30.3 Å². The Morgan fingerprint density at radius 2 is 1.11 bits per heavy atom. The van der Waals surface area contributed by atoms with Crippen molar-refractivity contribution in [2.24, 2.45) is 5.92 Å². The third-order valence-electron chi connectivity index (χ3n) is 5.83. The molecule has 0 N–H and O–H groups in total. The topological polar surface area (TPSA) is 17.1 Å². The molecule has 1 aromatic carbocycles. The maximum atomic E-state index is 12.5. The summed E-state index contributed by atoms with van der Waals surface area (Å²) >= 11 is 0. The van der Waals surface area contributed by atoms with E-state index < -0.39 is 0 Å². The minimum atomic E-state index is 0.213. The summed E-state index contributed by atoms with van der Waals surface area (Å²) in [5.41, 5.74) is 0.884. The molecule has 154 valence electrons. The molecule has 1 heteroatoms. The molecule has 0 spiro atoms. The van der Waals surface area contributed by atoms with Gasteiger partial charge >= 0.3 is 0 Å². The van der Waals surface area contributed by atoms with Crippen molar-refractivity contribution < 1.29 is 4.79 Å². The van der Waals surface area contributed by atoms with Crippen LogP contribution in [-0.4, -0.2) is 5.78 Å².